The Hall–Kier alpha value is -1.34. The van der Waals surface area contributed by atoms with Crippen molar-refractivity contribution >= 4 is 11.6 Å². The van der Waals surface area contributed by atoms with Gasteiger partial charge in [-0.1, -0.05) is 41.9 Å². The van der Waals surface area contributed by atoms with Gasteiger partial charge >= 0.3 is 0 Å². The van der Waals surface area contributed by atoms with E-state index in [0.717, 1.165) is 5.56 Å². The fourth-order valence-corrected chi connectivity index (χ4v) is 1.45. The minimum Gasteiger partial charge on any atom is -0.206 e. The summed E-state index contributed by atoms with van der Waals surface area (Å²) in [5.41, 5.74) is 1.44. The van der Waals surface area contributed by atoms with Gasteiger partial charge in [0.1, 0.15) is 5.82 Å². The van der Waals surface area contributed by atoms with Crippen LogP contribution >= 0.6 is 11.6 Å². The Labute approximate surface area is 87.0 Å². The maximum atomic E-state index is 13.3. The van der Waals surface area contributed by atoms with Gasteiger partial charge in [0.2, 0.25) is 0 Å². The van der Waals surface area contributed by atoms with E-state index in [9.17, 15) is 4.39 Å². The largest absolute Gasteiger partial charge is 0.206 e. The smallest absolute Gasteiger partial charge is 0.131 e. The van der Waals surface area contributed by atoms with E-state index < -0.39 is 0 Å². The molecule has 0 aliphatic carbocycles. The van der Waals surface area contributed by atoms with Crippen molar-refractivity contribution in [1.29, 1.82) is 0 Å². The standard InChI is InChI=1S/C12H8ClF/c13-10-7-5-9(6-8-10)11-3-1-2-4-12(11)14/h1-8H. The Bertz CT molecular complexity index is 434. The van der Waals surface area contributed by atoms with Gasteiger partial charge in [-0.2, -0.15) is 0 Å². The van der Waals surface area contributed by atoms with Crippen LogP contribution in [0.2, 0.25) is 5.02 Å². The second-order valence-electron chi connectivity index (χ2n) is 2.99. The molecular formula is C12H8ClF. The van der Waals surface area contributed by atoms with Gasteiger partial charge in [0.25, 0.3) is 0 Å². The zero-order valence-corrected chi connectivity index (χ0v) is 8.13. The Balaban J connectivity index is 2.50. The molecule has 0 spiro atoms. The van der Waals surface area contributed by atoms with Crippen LogP contribution < -0.4 is 0 Å². The van der Waals surface area contributed by atoms with E-state index in [1.54, 1.807) is 36.4 Å². The van der Waals surface area contributed by atoms with Gasteiger partial charge in [-0.15, -0.1) is 0 Å². The zero-order chi connectivity index (χ0) is 9.97. The fraction of sp³-hybridized carbons (Fsp3) is 0. The van der Waals surface area contributed by atoms with Crippen molar-refractivity contribution in [2.24, 2.45) is 0 Å². The van der Waals surface area contributed by atoms with Gasteiger partial charge in [0.15, 0.2) is 0 Å². The molecule has 0 aromatic heterocycles. The van der Waals surface area contributed by atoms with Gasteiger partial charge in [-0.05, 0) is 23.8 Å². The van der Waals surface area contributed by atoms with E-state index in [0.29, 0.717) is 10.6 Å². The molecule has 0 bridgehead atoms. The van der Waals surface area contributed by atoms with Crippen LogP contribution in [0.3, 0.4) is 0 Å². The van der Waals surface area contributed by atoms with E-state index in [1.165, 1.54) is 6.07 Å². The maximum Gasteiger partial charge on any atom is 0.131 e. The van der Waals surface area contributed by atoms with Crippen LogP contribution in [0.5, 0.6) is 0 Å². The molecule has 0 fully saturated rings. The van der Waals surface area contributed by atoms with Crippen LogP contribution in [0.1, 0.15) is 0 Å². The predicted octanol–water partition coefficient (Wildman–Crippen LogP) is 4.15. The van der Waals surface area contributed by atoms with Gasteiger partial charge in [-0.25, -0.2) is 4.39 Å². The molecule has 0 aliphatic rings. The molecule has 2 heteroatoms. The lowest BCUT2D eigenvalue weighted by atomic mass is 10.1. The third kappa shape index (κ3) is 1.78. The second-order valence-corrected chi connectivity index (χ2v) is 3.42. The van der Waals surface area contributed by atoms with Gasteiger partial charge in [0.05, 0.1) is 0 Å². The van der Waals surface area contributed by atoms with Gasteiger partial charge < -0.3 is 0 Å². The summed E-state index contributed by atoms with van der Waals surface area (Å²) >= 11 is 5.75. The minimum atomic E-state index is -0.213. The Morgan fingerprint density at radius 3 is 2.14 bits per heavy atom. The minimum absolute atomic E-state index is 0.213. The molecule has 0 N–H and O–H groups in total. The van der Waals surface area contributed by atoms with Crippen molar-refractivity contribution in [2.75, 3.05) is 0 Å². The number of halogens is 2. The van der Waals surface area contributed by atoms with E-state index in [2.05, 4.69) is 0 Å². The number of hydrogen-bond acceptors (Lipinski definition) is 0. The average Bonchev–Trinajstić information content (AvgIpc) is 2.20. The van der Waals surface area contributed by atoms with Crippen molar-refractivity contribution in [3.05, 3.63) is 59.4 Å². The molecule has 0 aliphatic heterocycles. The highest BCUT2D eigenvalue weighted by Crippen LogP contribution is 2.23. The monoisotopic (exact) mass is 206 g/mol. The van der Waals surface area contributed by atoms with Crippen LogP contribution in [0, 0.1) is 5.82 Å². The van der Waals surface area contributed by atoms with Crippen LogP contribution in [0.15, 0.2) is 48.5 Å². The van der Waals surface area contributed by atoms with Crippen molar-refractivity contribution in [3.63, 3.8) is 0 Å². The van der Waals surface area contributed by atoms with Gasteiger partial charge in [0, 0.05) is 10.6 Å². The first kappa shape index (κ1) is 9.22. The molecule has 14 heavy (non-hydrogen) atoms. The third-order valence-corrected chi connectivity index (χ3v) is 2.28. The Morgan fingerprint density at radius 2 is 1.50 bits per heavy atom. The lowest BCUT2D eigenvalue weighted by Crippen LogP contribution is -1.82. The summed E-state index contributed by atoms with van der Waals surface area (Å²) < 4.78 is 13.3. The number of hydrogen-bond donors (Lipinski definition) is 0. The molecule has 70 valence electrons. The number of rotatable bonds is 1. The first-order chi connectivity index (χ1) is 6.77. The molecule has 0 heterocycles. The molecule has 2 aromatic rings. The predicted molar refractivity (Wildman–Crippen MR) is 56.8 cm³/mol. The quantitative estimate of drug-likeness (QED) is 0.658. The van der Waals surface area contributed by atoms with Crippen LogP contribution in [0.4, 0.5) is 4.39 Å². The fourth-order valence-electron chi connectivity index (χ4n) is 1.32. The van der Waals surface area contributed by atoms with Crippen molar-refractivity contribution < 1.29 is 4.39 Å². The number of benzene rings is 2. The summed E-state index contributed by atoms with van der Waals surface area (Å²) in [5.74, 6) is -0.213. The normalized spacial score (nSPS) is 10.1. The van der Waals surface area contributed by atoms with Gasteiger partial charge in [-0.3, -0.25) is 0 Å². The van der Waals surface area contributed by atoms with Crippen molar-refractivity contribution in [2.45, 2.75) is 0 Å². The molecule has 0 saturated heterocycles. The summed E-state index contributed by atoms with van der Waals surface area (Å²) in [5, 5.41) is 0.657. The van der Waals surface area contributed by atoms with E-state index in [4.69, 9.17) is 11.6 Å². The second kappa shape index (κ2) is 3.81. The zero-order valence-electron chi connectivity index (χ0n) is 7.37. The summed E-state index contributed by atoms with van der Waals surface area (Å²) in [4.78, 5) is 0. The summed E-state index contributed by atoms with van der Waals surface area (Å²) in [6, 6.07) is 13.8. The van der Waals surface area contributed by atoms with Crippen LogP contribution in [0.25, 0.3) is 11.1 Å². The molecule has 0 saturated carbocycles. The molecule has 0 nitrogen and oxygen atoms in total. The third-order valence-electron chi connectivity index (χ3n) is 2.03. The van der Waals surface area contributed by atoms with E-state index in [-0.39, 0.29) is 5.82 Å². The summed E-state index contributed by atoms with van der Waals surface area (Å²) in [7, 11) is 0. The highest BCUT2D eigenvalue weighted by atomic mass is 35.5. The molecule has 2 rings (SSSR count). The van der Waals surface area contributed by atoms with E-state index in [1.807, 2.05) is 6.07 Å². The highest BCUT2D eigenvalue weighted by molar-refractivity contribution is 6.30. The first-order valence-electron chi connectivity index (χ1n) is 4.28. The molecular weight excluding hydrogens is 199 g/mol. The topological polar surface area (TPSA) is 0 Å². The SMILES string of the molecule is Fc1ccccc1-c1ccc(Cl)cc1. The first-order valence-corrected chi connectivity index (χ1v) is 4.65. The molecule has 0 radical (unpaired) electrons. The summed E-state index contributed by atoms with van der Waals surface area (Å²) in [6.45, 7) is 0. The lowest BCUT2D eigenvalue weighted by molar-refractivity contribution is 0.631. The van der Waals surface area contributed by atoms with Crippen LogP contribution in [-0.2, 0) is 0 Å². The molecule has 0 amide bonds. The highest BCUT2D eigenvalue weighted by Gasteiger charge is 2.02. The van der Waals surface area contributed by atoms with Crippen LogP contribution in [-0.4, -0.2) is 0 Å². The molecule has 0 unspecified atom stereocenters. The summed E-state index contributed by atoms with van der Waals surface area (Å²) in [6.07, 6.45) is 0. The van der Waals surface area contributed by atoms with E-state index >= 15 is 0 Å². The molecule has 0 atom stereocenters. The van der Waals surface area contributed by atoms with Crippen molar-refractivity contribution in [3.8, 4) is 11.1 Å². The lowest BCUT2D eigenvalue weighted by Gasteiger charge is -2.02. The average molecular weight is 207 g/mol. The Kier molecular flexibility index (Phi) is 2.51. The molecule has 2 aromatic carbocycles. The Morgan fingerprint density at radius 1 is 0.857 bits per heavy atom. The maximum absolute atomic E-state index is 13.3. The van der Waals surface area contributed by atoms with Crippen molar-refractivity contribution in [1.82, 2.24) is 0 Å².